The largest absolute Gasteiger partial charge is 0.370 e. The van der Waals surface area contributed by atoms with Crippen molar-refractivity contribution < 1.29 is 8.78 Å². The molecule has 1 aromatic carbocycles. The van der Waals surface area contributed by atoms with Gasteiger partial charge in [0.05, 0.1) is 6.54 Å². The zero-order valence-electron chi connectivity index (χ0n) is 8.00. The Morgan fingerprint density at radius 1 is 1.40 bits per heavy atom. The van der Waals surface area contributed by atoms with Crippen LogP contribution in [0.5, 0.6) is 0 Å². The van der Waals surface area contributed by atoms with Crippen LogP contribution in [-0.4, -0.2) is 19.0 Å². The SMILES string of the molecule is NC1=NCC(c2cccc(F)c2F)CN1. The fourth-order valence-electron chi connectivity index (χ4n) is 1.60. The molecule has 1 unspecified atom stereocenters. The van der Waals surface area contributed by atoms with Gasteiger partial charge >= 0.3 is 0 Å². The molecule has 5 heteroatoms. The number of hydrogen-bond donors (Lipinski definition) is 2. The Kier molecular flexibility index (Phi) is 2.53. The van der Waals surface area contributed by atoms with Crippen molar-refractivity contribution >= 4 is 5.96 Å². The van der Waals surface area contributed by atoms with Crippen LogP contribution in [0.4, 0.5) is 8.78 Å². The summed E-state index contributed by atoms with van der Waals surface area (Å²) >= 11 is 0. The van der Waals surface area contributed by atoms with Crippen molar-refractivity contribution in [1.29, 1.82) is 0 Å². The van der Waals surface area contributed by atoms with E-state index in [1.54, 1.807) is 6.07 Å². The van der Waals surface area contributed by atoms with Crippen molar-refractivity contribution in [3.05, 3.63) is 35.4 Å². The molecule has 0 fully saturated rings. The second kappa shape index (κ2) is 3.84. The normalized spacial score (nSPS) is 20.7. The molecule has 1 heterocycles. The summed E-state index contributed by atoms with van der Waals surface area (Å²) in [6.07, 6.45) is 0. The van der Waals surface area contributed by atoms with Crippen LogP contribution in [0.1, 0.15) is 11.5 Å². The van der Waals surface area contributed by atoms with Gasteiger partial charge in [0.1, 0.15) is 0 Å². The summed E-state index contributed by atoms with van der Waals surface area (Å²) in [6.45, 7) is 0.870. The Balaban J connectivity index is 2.27. The standard InChI is InChI=1S/C10H11F2N3/c11-8-3-1-2-7(9(8)12)6-4-14-10(13)15-5-6/h1-3,6H,4-5H2,(H3,13,14,15). The Morgan fingerprint density at radius 2 is 2.20 bits per heavy atom. The first kappa shape index (κ1) is 9.89. The summed E-state index contributed by atoms with van der Waals surface area (Å²) < 4.78 is 26.4. The van der Waals surface area contributed by atoms with Crippen LogP contribution in [0.2, 0.25) is 0 Å². The van der Waals surface area contributed by atoms with E-state index in [4.69, 9.17) is 5.73 Å². The highest BCUT2D eigenvalue weighted by molar-refractivity contribution is 5.78. The topological polar surface area (TPSA) is 50.4 Å². The predicted octanol–water partition coefficient (Wildman–Crippen LogP) is 0.966. The van der Waals surface area contributed by atoms with Crippen molar-refractivity contribution in [3.63, 3.8) is 0 Å². The van der Waals surface area contributed by atoms with E-state index in [-0.39, 0.29) is 5.92 Å². The maximum Gasteiger partial charge on any atom is 0.188 e. The van der Waals surface area contributed by atoms with E-state index in [2.05, 4.69) is 10.3 Å². The molecule has 0 saturated heterocycles. The Morgan fingerprint density at radius 3 is 2.87 bits per heavy atom. The van der Waals surface area contributed by atoms with Crippen LogP contribution < -0.4 is 11.1 Å². The molecule has 1 aliphatic rings. The van der Waals surface area contributed by atoms with Gasteiger partial charge in [0.25, 0.3) is 0 Å². The average molecular weight is 211 g/mol. The highest BCUT2D eigenvalue weighted by Crippen LogP contribution is 2.22. The minimum absolute atomic E-state index is 0.159. The van der Waals surface area contributed by atoms with E-state index in [1.165, 1.54) is 6.07 Å². The number of rotatable bonds is 1. The lowest BCUT2D eigenvalue weighted by Gasteiger charge is -2.21. The molecular weight excluding hydrogens is 200 g/mol. The number of nitrogens with two attached hydrogens (primary N) is 1. The van der Waals surface area contributed by atoms with E-state index in [9.17, 15) is 8.78 Å². The maximum absolute atomic E-state index is 13.4. The van der Waals surface area contributed by atoms with E-state index >= 15 is 0 Å². The third kappa shape index (κ3) is 1.91. The molecular formula is C10H11F2N3. The molecule has 1 atom stereocenters. The van der Waals surface area contributed by atoms with Crippen LogP contribution in [0.3, 0.4) is 0 Å². The van der Waals surface area contributed by atoms with Gasteiger partial charge in [0.15, 0.2) is 17.6 Å². The lowest BCUT2D eigenvalue weighted by Crippen LogP contribution is -2.40. The van der Waals surface area contributed by atoms with Gasteiger partial charge in [0.2, 0.25) is 0 Å². The number of benzene rings is 1. The van der Waals surface area contributed by atoms with Gasteiger partial charge < -0.3 is 11.1 Å². The molecule has 0 bridgehead atoms. The van der Waals surface area contributed by atoms with Gasteiger partial charge in [-0.2, -0.15) is 0 Å². The number of nitrogens with zero attached hydrogens (tertiary/aromatic N) is 1. The molecule has 0 spiro atoms. The van der Waals surface area contributed by atoms with E-state index in [0.717, 1.165) is 6.07 Å². The number of halogens is 2. The molecule has 3 nitrogen and oxygen atoms in total. The molecule has 2 rings (SSSR count). The van der Waals surface area contributed by atoms with Crippen LogP contribution >= 0.6 is 0 Å². The Labute approximate surface area is 86.0 Å². The molecule has 0 radical (unpaired) electrons. The summed E-state index contributed by atoms with van der Waals surface area (Å²) in [5.41, 5.74) is 5.76. The maximum atomic E-state index is 13.4. The minimum atomic E-state index is -0.824. The van der Waals surface area contributed by atoms with Gasteiger partial charge in [-0.05, 0) is 11.6 Å². The first-order valence-electron chi connectivity index (χ1n) is 4.66. The summed E-state index contributed by atoms with van der Waals surface area (Å²) in [7, 11) is 0. The third-order valence-electron chi connectivity index (χ3n) is 2.43. The number of guanidine groups is 1. The van der Waals surface area contributed by atoms with Crippen LogP contribution in [0.15, 0.2) is 23.2 Å². The molecule has 0 aliphatic carbocycles. The zero-order valence-corrected chi connectivity index (χ0v) is 8.00. The predicted molar refractivity (Wildman–Crippen MR) is 53.6 cm³/mol. The Bertz CT molecular complexity index is 404. The summed E-state index contributed by atoms with van der Waals surface area (Å²) in [5, 5.41) is 2.82. The highest BCUT2D eigenvalue weighted by Gasteiger charge is 2.20. The molecule has 15 heavy (non-hydrogen) atoms. The number of nitrogens with one attached hydrogen (secondary N) is 1. The van der Waals surface area contributed by atoms with Crippen molar-refractivity contribution in [1.82, 2.24) is 5.32 Å². The van der Waals surface area contributed by atoms with E-state index in [1.807, 2.05) is 0 Å². The molecule has 0 saturated carbocycles. The highest BCUT2D eigenvalue weighted by atomic mass is 19.2. The molecule has 80 valence electrons. The Hall–Kier alpha value is -1.65. The summed E-state index contributed by atoms with van der Waals surface area (Å²) in [4.78, 5) is 3.95. The molecule has 1 aromatic rings. The second-order valence-electron chi connectivity index (χ2n) is 3.45. The minimum Gasteiger partial charge on any atom is -0.370 e. The summed E-state index contributed by atoms with van der Waals surface area (Å²) in [6, 6.07) is 4.17. The average Bonchev–Trinajstić information content (AvgIpc) is 2.24. The van der Waals surface area contributed by atoms with Gasteiger partial charge in [-0.3, -0.25) is 4.99 Å². The fraction of sp³-hybridized carbons (Fsp3) is 0.300. The smallest absolute Gasteiger partial charge is 0.188 e. The summed E-state index contributed by atoms with van der Waals surface area (Å²) in [5.74, 6) is -1.42. The lowest BCUT2D eigenvalue weighted by molar-refractivity contribution is 0.483. The second-order valence-corrected chi connectivity index (χ2v) is 3.45. The van der Waals surface area contributed by atoms with Crippen LogP contribution in [-0.2, 0) is 0 Å². The van der Waals surface area contributed by atoms with E-state index < -0.39 is 11.6 Å². The monoisotopic (exact) mass is 211 g/mol. The van der Waals surface area contributed by atoms with Gasteiger partial charge in [-0.25, -0.2) is 8.78 Å². The van der Waals surface area contributed by atoms with Crippen molar-refractivity contribution in [2.75, 3.05) is 13.1 Å². The first-order chi connectivity index (χ1) is 7.18. The van der Waals surface area contributed by atoms with Crippen molar-refractivity contribution in [3.8, 4) is 0 Å². The van der Waals surface area contributed by atoms with E-state index in [0.29, 0.717) is 24.6 Å². The fourth-order valence-corrected chi connectivity index (χ4v) is 1.60. The molecule has 3 N–H and O–H groups in total. The third-order valence-corrected chi connectivity index (χ3v) is 2.43. The van der Waals surface area contributed by atoms with Crippen LogP contribution in [0, 0.1) is 11.6 Å². The van der Waals surface area contributed by atoms with Gasteiger partial charge in [0, 0.05) is 12.5 Å². The van der Waals surface area contributed by atoms with Gasteiger partial charge in [-0.15, -0.1) is 0 Å². The molecule has 0 amide bonds. The van der Waals surface area contributed by atoms with Gasteiger partial charge in [-0.1, -0.05) is 12.1 Å². The van der Waals surface area contributed by atoms with Crippen molar-refractivity contribution in [2.45, 2.75) is 5.92 Å². The quantitative estimate of drug-likeness (QED) is 0.727. The lowest BCUT2D eigenvalue weighted by atomic mass is 9.97. The first-order valence-corrected chi connectivity index (χ1v) is 4.66. The zero-order chi connectivity index (χ0) is 10.8. The molecule has 1 aliphatic heterocycles. The number of aliphatic imine (C=N–C) groups is 1. The van der Waals surface area contributed by atoms with Crippen molar-refractivity contribution in [2.24, 2.45) is 10.7 Å². The molecule has 0 aromatic heterocycles. The van der Waals surface area contributed by atoms with Crippen LogP contribution in [0.25, 0.3) is 0 Å². The number of hydrogen-bond acceptors (Lipinski definition) is 3.